The molecule has 0 radical (unpaired) electrons. The molecule has 1 saturated heterocycles. The summed E-state index contributed by atoms with van der Waals surface area (Å²) in [4.78, 5) is 14.1. The maximum absolute atomic E-state index is 12.2. The second kappa shape index (κ2) is 9.78. The Morgan fingerprint density at radius 1 is 1.26 bits per heavy atom. The fraction of sp³-hybridized carbons (Fsp3) is 0.611. The quantitative estimate of drug-likeness (QED) is 0.865. The zero-order chi connectivity index (χ0) is 15.9. The van der Waals surface area contributed by atoms with E-state index in [0.717, 1.165) is 38.2 Å². The molecule has 0 spiro atoms. The predicted octanol–water partition coefficient (Wildman–Crippen LogP) is 3.07. The van der Waals surface area contributed by atoms with E-state index in [1.54, 1.807) is 0 Å². The lowest BCUT2D eigenvalue weighted by atomic mass is 9.97. The second-order valence-electron chi connectivity index (χ2n) is 6.39. The van der Waals surface area contributed by atoms with Crippen LogP contribution in [0.25, 0.3) is 0 Å². The van der Waals surface area contributed by atoms with E-state index < -0.39 is 0 Å². The van der Waals surface area contributed by atoms with Crippen molar-refractivity contribution in [3.63, 3.8) is 0 Å². The van der Waals surface area contributed by atoms with Crippen molar-refractivity contribution >= 4 is 18.3 Å². The normalized spacial score (nSPS) is 15.4. The number of amides is 1. The lowest BCUT2D eigenvalue weighted by Crippen LogP contribution is -2.42. The molecule has 1 amide bonds. The minimum Gasteiger partial charge on any atom is -0.484 e. The first-order valence-corrected chi connectivity index (χ1v) is 8.25. The molecule has 5 heteroatoms. The molecular formula is C18H29ClN2O2. The summed E-state index contributed by atoms with van der Waals surface area (Å²) in [5.74, 6) is 2.06. The Morgan fingerprint density at radius 2 is 1.87 bits per heavy atom. The summed E-state index contributed by atoms with van der Waals surface area (Å²) in [6, 6.07) is 8.02. The van der Waals surface area contributed by atoms with Crippen LogP contribution < -0.4 is 10.1 Å². The molecule has 0 aliphatic carbocycles. The van der Waals surface area contributed by atoms with Crippen molar-refractivity contribution in [1.82, 2.24) is 10.2 Å². The molecule has 130 valence electrons. The van der Waals surface area contributed by atoms with Crippen molar-refractivity contribution in [3.05, 3.63) is 29.8 Å². The minimum absolute atomic E-state index is 0. The number of carbonyl (C=O) groups is 1. The number of carbonyl (C=O) groups excluding carboxylic acids is 1. The molecule has 1 N–H and O–H groups in total. The van der Waals surface area contributed by atoms with Crippen LogP contribution in [0.2, 0.25) is 0 Å². The van der Waals surface area contributed by atoms with Crippen LogP contribution in [0.4, 0.5) is 0 Å². The standard InChI is InChI=1S/C18H28N2O2.ClH/c1-14(2)16-4-6-17(7-5-16)22-13-18(21)20-10-8-15(9-11-20)12-19-3;/h4-7,14-15,19H,8-13H2,1-3H3;1H. The van der Waals surface area contributed by atoms with Crippen LogP contribution in [-0.4, -0.2) is 44.1 Å². The third kappa shape index (κ3) is 6.04. The van der Waals surface area contributed by atoms with Gasteiger partial charge in [-0.1, -0.05) is 26.0 Å². The number of benzene rings is 1. The van der Waals surface area contributed by atoms with Crippen molar-refractivity contribution in [3.8, 4) is 5.75 Å². The summed E-state index contributed by atoms with van der Waals surface area (Å²) < 4.78 is 5.63. The summed E-state index contributed by atoms with van der Waals surface area (Å²) in [6.07, 6.45) is 2.16. The van der Waals surface area contributed by atoms with Crippen molar-refractivity contribution in [2.45, 2.75) is 32.6 Å². The van der Waals surface area contributed by atoms with Gasteiger partial charge in [-0.3, -0.25) is 4.79 Å². The van der Waals surface area contributed by atoms with Crippen LogP contribution in [-0.2, 0) is 4.79 Å². The number of hydrogen-bond acceptors (Lipinski definition) is 3. The van der Waals surface area contributed by atoms with E-state index in [0.29, 0.717) is 11.8 Å². The molecule has 4 nitrogen and oxygen atoms in total. The van der Waals surface area contributed by atoms with Gasteiger partial charge in [0.1, 0.15) is 5.75 Å². The lowest BCUT2D eigenvalue weighted by Gasteiger charge is -2.31. The Bertz CT molecular complexity index is 468. The summed E-state index contributed by atoms with van der Waals surface area (Å²) in [5, 5.41) is 3.21. The van der Waals surface area contributed by atoms with E-state index in [1.807, 2.05) is 24.1 Å². The number of likely N-dealkylation sites (tertiary alicyclic amines) is 1. The van der Waals surface area contributed by atoms with Crippen LogP contribution in [0.3, 0.4) is 0 Å². The Hall–Kier alpha value is -1.26. The number of halogens is 1. The van der Waals surface area contributed by atoms with Gasteiger partial charge in [-0.05, 0) is 56.0 Å². The third-order valence-corrected chi connectivity index (χ3v) is 4.37. The molecule has 1 aromatic carbocycles. The number of hydrogen-bond donors (Lipinski definition) is 1. The maximum Gasteiger partial charge on any atom is 0.260 e. The first-order valence-electron chi connectivity index (χ1n) is 8.25. The van der Waals surface area contributed by atoms with Crippen LogP contribution in [0, 0.1) is 5.92 Å². The van der Waals surface area contributed by atoms with E-state index in [1.165, 1.54) is 5.56 Å². The van der Waals surface area contributed by atoms with Gasteiger partial charge in [0.2, 0.25) is 0 Å². The van der Waals surface area contributed by atoms with Crippen LogP contribution in [0.15, 0.2) is 24.3 Å². The zero-order valence-electron chi connectivity index (χ0n) is 14.4. The van der Waals surface area contributed by atoms with Gasteiger partial charge in [0.25, 0.3) is 5.91 Å². The average molecular weight is 341 g/mol. The Morgan fingerprint density at radius 3 is 2.39 bits per heavy atom. The number of ether oxygens (including phenoxy) is 1. The van der Waals surface area contributed by atoms with Crippen molar-refractivity contribution in [2.75, 3.05) is 33.3 Å². The molecule has 23 heavy (non-hydrogen) atoms. The summed E-state index contributed by atoms with van der Waals surface area (Å²) in [7, 11) is 1.98. The van der Waals surface area contributed by atoms with Crippen LogP contribution >= 0.6 is 12.4 Å². The monoisotopic (exact) mass is 340 g/mol. The van der Waals surface area contributed by atoms with Gasteiger partial charge in [-0.15, -0.1) is 12.4 Å². The Kier molecular flexibility index (Phi) is 8.42. The number of nitrogens with zero attached hydrogens (tertiary/aromatic N) is 1. The Labute approximate surface area is 146 Å². The molecule has 0 aromatic heterocycles. The molecule has 2 rings (SSSR count). The van der Waals surface area contributed by atoms with E-state index in [9.17, 15) is 4.79 Å². The maximum atomic E-state index is 12.2. The van der Waals surface area contributed by atoms with Gasteiger partial charge in [-0.2, -0.15) is 0 Å². The van der Waals surface area contributed by atoms with Gasteiger partial charge in [0, 0.05) is 13.1 Å². The summed E-state index contributed by atoms with van der Waals surface area (Å²) >= 11 is 0. The third-order valence-electron chi connectivity index (χ3n) is 4.37. The van der Waals surface area contributed by atoms with Crippen LogP contribution in [0.1, 0.15) is 38.2 Å². The van der Waals surface area contributed by atoms with Crippen LogP contribution in [0.5, 0.6) is 5.75 Å². The first-order chi connectivity index (χ1) is 10.6. The summed E-state index contributed by atoms with van der Waals surface area (Å²) in [5.41, 5.74) is 1.28. The molecule has 1 fully saturated rings. The highest BCUT2D eigenvalue weighted by atomic mass is 35.5. The SMILES string of the molecule is CNCC1CCN(C(=O)COc2ccc(C(C)C)cc2)CC1.Cl. The van der Waals surface area contributed by atoms with Crippen molar-refractivity contribution in [1.29, 1.82) is 0 Å². The van der Waals surface area contributed by atoms with E-state index >= 15 is 0 Å². The topological polar surface area (TPSA) is 41.6 Å². The van der Waals surface area contributed by atoms with Gasteiger partial charge < -0.3 is 15.0 Å². The fourth-order valence-electron chi connectivity index (χ4n) is 2.86. The summed E-state index contributed by atoms with van der Waals surface area (Å²) in [6.45, 7) is 7.20. The lowest BCUT2D eigenvalue weighted by molar-refractivity contribution is -0.134. The molecule has 1 heterocycles. The van der Waals surface area contributed by atoms with Gasteiger partial charge in [0.05, 0.1) is 0 Å². The van der Waals surface area contributed by atoms with Gasteiger partial charge >= 0.3 is 0 Å². The average Bonchev–Trinajstić information content (AvgIpc) is 2.54. The molecule has 0 saturated carbocycles. The first kappa shape index (κ1) is 19.8. The zero-order valence-corrected chi connectivity index (χ0v) is 15.2. The highest BCUT2D eigenvalue weighted by Crippen LogP contribution is 2.19. The predicted molar refractivity (Wildman–Crippen MR) is 96.5 cm³/mol. The van der Waals surface area contributed by atoms with Crippen molar-refractivity contribution in [2.24, 2.45) is 5.92 Å². The van der Waals surface area contributed by atoms with E-state index in [2.05, 4.69) is 31.3 Å². The molecule has 0 bridgehead atoms. The molecule has 0 unspecified atom stereocenters. The largest absolute Gasteiger partial charge is 0.484 e. The molecular weight excluding hydrogens is 312 g/mol. The highest BCUT2D eigenvalue weighted by molar-refractivity contribution is 5.85. The molecule has 1 aliphatic rings. The number of piperidine rings is 1. The van der Waals surface area contributed by atoms with E-state index in [-0.39, 0.29) is 24.9 Å². The minimum atomic E-state index is 0. The number of nitrogens with one attached hydrogen (secondary N) is 1. The molecule has 0 atom stereocenters. The highest BCUT2D eigenvalue weighted by Gasteiger charge is 2.22. The van der Waals surface area contributed by atoms with Gasteiger partial charge in [0.15, 0.2) is 6.61 Å². The van der Waals surface area contributed by atoms with Gasteiger partial charge in [-0.25, -0.2) is 0 Å². The molecule has 1 aliphatic heterocycles. The Balaban J connectivity index is 0.00000264. The second-order valence-corrected chi connectivity index (χ2v) is 6.39. The smallest absolute Gasteiger partial charge is 0.260 e. The molecule has 1 aromatic rings. The van der Waals surface area contributed by atoms with E-state index in [4.69, 9.17) is 4.74 Å². The van der Waals surface area contributed by atoms with Crippen molar-refractivity contribution < 1.29 is 9.53 Å². The number of rotatable bonds is 6. The fourth-order valence-corrected chi connectivity index (χ4v) is 2.86.